The molecule has 3 aliphatic rings. The first-order valence-electron chi connectivity index (χ1n) is 12.3. The van der Waals surface area contributed by atoms with Crippen LogP contribution in [0.15, 0.2) is 47.1 Å². The largest absolute Gasteiger partial charge is 0.461 e. The lowest BCUT2D eigenvalue weighted by Crippen LogP contribution is -2.38. The molecule has 38 heavy (non-hydrogen) atoms. The average Bonchev–Trinajstić information content (AvgIpc) is 3.38. The second-order valence-electron chi connectivity index (χ2n) is 9.73. The number of aliphatic hydroxyl groups is 2. The minimum absolute atomic E-state index is 0.0271. The van der Waals surface area contributed by atoms with E-state index >= 15 is 0 Å². The van der Waals surface area contributed by atoms with Gasteiger partial charge in [-0.2, -0.15) is 0 Å². The second kappa shape index (κ2) is 12.1. The maximum absolute atomic E-state index is 13.2. The Morgan fingerprint density at radius 2 is 1.89 bits per heavy atom. The number of allylic oxidation sites excluding steroid dienone is 1. The lowest BCUT2D eigenvalue weighted by Gasteiger charge is -2.29. The summed E-state index contributed by atoms with van der Waals surface area (Å²) in [6.45, 7) is 8.85. The molecule has 0 aromatic carbocycles. The third-order valence-corrected chi connectivity index (χ3v) is 6.95. The van der Waals surface area contributed by atoms with Crippen molar-refractivity contribution < 1.29 is 53.1 Å². The molecule has 6 atom stereocenters. The molecule has 2 heterocycles. The number of aliphatic hydroxyl groups excluding tert-OH is 2. The number of fused-ring (bicyclic) bond motifs is 2. The van der Waals surface area contributed by atoms with Crippen LogP contribution in [0.3, 0.4) is 0 Å². The first kappa shape index (κ1) is 29.3. The average molecular weight is 535 g/mol. The Morgan fingerprint density at radius 3 is 2.53 bits per heavy atom. The van der Waals surface area contributed by atoms with E-state index in [9.17, 15) is 24.3 Å². The number of carbonyl (C=O) groups is 4. The highest BCUT2D eigenvalue weighted by atomic mass is 16.6. The predicted octanol–water partition coefficient (Wildman–Crippen LogP) is 1.23. The number of hydrogen-bond donors (Lipinski definition) is 2. The van der Waals surface area contributed by atoms with Crippen molar-refractivity contribution in [1.82, 2.24) is 0 Å². The highest BCUT2D eigenvalue weighted by Crippen LogP contribution is 2.48. The number of esters is 4. The van der Waals surface area contributed by atoms with Crippen molar-refractivity contribution in [2.24, 2.45) is 5.92 Å². The summed E-state index contributed by atoms with van der Waals surface area (Å²) in [5.74, 6) is -3.60. The molecule has 3 rings (SSSR count). The number of epoxide rings is 1. The van der Waals surface area contributed by atoms with Crippen LogP contribution >= 0.6 is 0 Å². The number of carbonyl (C=O) groups excluding carboxylic acids is 4. The lowest BCUT2D eigenvalue weighted by atomic mass is 9.82. The van der Waals surface area contributed by atoms with Gasteiger partial charge in [0.15, 0.2) is 0 Å². The summed E-state index contributed by atoms with van der Waals surface area (Å²) < 4.78 is 27.2. The van der Waals surface area contributed by atoms with Crippen LogP contribution in [-0.2, 0) is 42.9 Å². The molecule has 2 fully saturated rings. The highest BCUT2D eigenvalue weighted by Gasteiger charge is 2.57. The summed E-state index contributed by atoms with van der Waals surface area (Å²) in [5.41, 5.74) is -0.00384. The Labute approximate surface area is 220 Å². The van der Waals surface area contributed by atoms with Gasteiger partial charge >= 0.3 is 23.9 Å². The van der Waals surface area contributed by atoms with Crippen molar-refractivity contribution in [1.29, 1.82) is 0 Å². The van der Waals surface area contributed by atoms with Crippen LogP contribution in [0.5, 0.6) is 0 Å². The zero-order chi connectivity index (χ0) is 28.2. The monoisotopic (exact) mass is 534 g/mol. The molecule has 1 aliphatic carbocycles. The topological polar surface area (TPSA) is 158 Å². The third-order valence-electron chi connectivity index (χ3n) is 6.95. The molecule has 2 saturated heterocycles. The van der Waals surface area contributed by atoms with Gasteiger partial charge in [0.1, 0.15) is 25.4 Å². The van der Waals surface area contributed by atoms with Crippen LogP contribution in [0.2, 0.25) is 0 Å². The number of ether oxygens (including phenoxy) is 5. The van der Waals surface area contributed by atoms with E-state index in [1.165, 1.54) is 13.0 Å². The van der Waals surface area contributed by atoms with Gasteiger partial charge in [-0.25, -0.2) is 14.4 Å². The molecule has 11 heteroatoms. The van der Waals surface area contributed by atoms with Crippen LogP contribution < -0.4 is 0 Å². The predicted molar refractivity (Wildman–Crippen MR) is 131 cm³/mol. The fourth-order valence-electron chi connectivity index (χ4n) is 4.55. The third kappa shape index (κ3) is 6.77. The van der Waals surface area contributed by atoms with Gasteiger partial charge in [0, 0.05) is 25.3 Å². The lowest BCUT2D eigenvalue weighted by molar-refractivity contribution is -0.149. The molecule has 0 radical (unpaired) electrons. The van der Waals surface area contributed by atoms with E-state index in [4.69, 9.17) is 28.8 Å². The standard InChI is InChI=1S/C27H34O11/c1-6-17(12-35-25(32)18(7-8-28)13-34-16(4)29)26(33)37-21-11-27(5)22(38-27)10-19(30)14(2)9-20-23(21)15(3)24(31)36-20/h6-7,9,19-23,28,30H,3,8,10-13H2,1-2,4-5H3/b14-9-,17-6+,18-7+/t19?,20-,21?,22-,23+,27+/m1/s1. The van der Waals surface area contributed by atoms with Crippen LogP contribution in [0.4, 0.5) is 0 Å². The van der Waals surface area contributed by atoms with Crippen molar-refractivity contribution >= 4 is 23.9 Å². The SMILES string of the molecule is C=C1C(=O)O[C@@H]2/C=C(/C)C(O)C[C@H]3O[C@@]3(C)CC(OC(=O)/C(=C/C)COC(=O)/C(=C/CO)COC(C)=O)[C@@H]12. The normalized spacial score (nSPS) is 32.7. The van der Waals surface area contributed by atoms with Crippen molar-refractivity contribution in [2.45, 2.75) is 70.6 Å². The fourth-order valence-corrected chi connectivity index (χ4v) is 4.55. The van der Waals surface area contributed by atoms with Crippen LogP contribution in [0.25, 0.3) is 0 Å². The van der Waals surface area contributed by atoms with Gasteiger partial charge in [-0.15, -0.1) is 0 Å². The first-order valence-corrected chi connectivity index (χ1v) is 12.3. The summed E-state index contributed by atoms with van der Waals surface area (Å²) in [6, 6.07) is 0. The van der Waals surface area contributed by atoms with E-state index in [-0.39, 0.29) is 29.2 Å². The van der Waals surface area contributed by atoms with Gasteiger partial charge < -0.3 is 33.9 Å². The van der Waals surface area contributed by atoms with E-state index in [1.54, 1.807) is 19.9 Å². The van der Waals surface area contributed by atoms with Crippen LogP contribution in [0, 0.1) is 5.92 Å². The maximum Gasteiger partial charge on any atom is 0.337 e. The molecule has 0 aromatic heterocycles. The molecule has 2 aliphatic heterocycles. The zero-order valence-electron chi connectivity index (χ0n) is 21.9. The number of rotatable bonds is 8. The van der Waals surface area contributed by atoms with E-state index < -0.39 is 73.5 Å². The van der Waals surface area contributed by atoms with Crippen LogP contribution in [-0.4, -0.2) is 83.9 Å². The van der Waals surface area contributed by atoms with Gasteiger partial charge in [-0.3, -0.25) is 4.79 Å². The summed E-state index contributed by atoms with van der Waals surface area (Å²) in [6.07, 6.45) is 2.10. The molecule has 2 unspecified atom stereocenters. The minimum atomic E-state index is -0.879. The Hall–Kier alpha value is -3.28. The molecule has 0 bridgehead atoms. The smallest absolute Gasteiger partial charge is 0.337 e. The first-order chi connectivity index (χ1) is 17.9. The summed E-state index contributed by atoms with van der Waals surface area (Å²) >= 11 is 0. The van der Waals surface area contributed by atoms with Crippen molar-refractivity contribution in [2.75, 3.05) is 19.8 Å². The molecule has 0 aromatic rings. The van der Waals surface area contributed by atoms with E-state index in [1.807, 2.05) is 6.92 Å². The molecule has 208 valence electrons. The van der Waals surface area contributed by atoms with Crippen molar-refractivity contribution in [3.63, 3.8) is 0 Å². The molecule has 0 amide bonds. The molecule has 0 saturated carbocycles. The van der Waals surface area contributed by atoms with Crippen molar-refractivity contribution in [3.05, 3.63) is 47.1 Å². The van der Waals surface area contributed by atoms with Gasteiger partial charge in [-0.05, 0) is 38.5 Å². The van der Waals surface area contributed by atoms with Gasteiger partial charge in [-0.1, -0.05) is 12.7 Å². The molecule has 2 N–H and O–H groups in total. The van der Waals surface area contributed by atoms with Gasteiger partial charge in [0.25, 0.3) is 0 Å². The Morgan fingerprint density at radius 1 is 1.21 bits per heavy atom. The Bertz CT molecular complexity index is 1080. The molecule has 11 nitrogen and oxygen atoms in total. The fraction of sp³-hybridized carbons (Fsp3) is 0.556. The van der Waals surface area contributed by atoms with E-state index in [2.05, 4.69) is 6.58 Å². The molecular weight excluding hydrogens is 500 g/mol. The second-order valence-corrected chi connectivity index (χ2v) is 9.73. The Kier molecular flexibility index (Phi) is 9.29. The van der Waals surface area contributed by atoms with Crippen LogP contribution in [0.1, 0.15) is 40.5 Å². The molecular formula is C27H34O11. The number of hydrogen-bond acceptors (Lipinski definition) is 11. The maximum atomic E-state index is 13.2. The quantitative estimate of drug-likeness (QED) is 0.152. The van der Waals surface area contributed by atoms with Crippen molar-refractivity contribution in [3.8, 4) is 0 Å². The van der Waals surface area contributed by atoms with Gasteiger partial charge in [0.05, 0.1) is 41.5 Å². The molecule has 0 spiro atoms. The highest BCUT2D eigenvalue weighted by molar-refractivity contribution is 5.93. The van der Waals surface area contributed by atoms with E-state index in [0.717, 1.165) is 6.08 Å². The minimum Gasteiger partial charge on any atom is -0.461 e. The summed E-state index contributed by atoms with van der Waals surface area (Å²) in [7, 11) is 0. The summed E-state index contributed by atoms with van der Waals surface area (Å²) in [4.78, 5) is 49.1. The van der Waals surface area contributed by atoms with Gasteiger partial charge in [0.2, 0.25) is 0 Å². The van der Waals surface area contributed by atoms with E-state index in [0.29, 0.717) is 12.0 Å². The Balaban J connectivity index is 1.76. The zero-order valence-corrected chi connectivity index (χ0v) is 21.9. The summed E-state index contributed by atoms with van der Waals surface area (Å²) in [5, 5.41) is 19.7.